The largest absolute Gasteiger partial charge is 0.475 e. The van der Waals surface area contributed by atoms with Gasteiger partial charge in [-0.25, -0.2) is 9.36 Å². The van der Waals surface area contributed by atoms with Crippen LogP contribution in [0.4, 0.5) is 4.79 Å². The van der Waals surface area contributed by atoms with Crippen LogP contribution in [0.3, 0.4) is 0 Å². The van der Waals surface area contributed by atoms with E-state index in [0.717, 1.165) is 17.5 Å². The number of nitrogens with zero attached hydrogens (tertiary/aromatic N) is 1. The Bertz CT molecular complexity index is 836. The minimum Gasteiger partial charge on any atom is -0.444 e. The average Bonchev–Trinajstić information content (AvgIpc) is 2.70. The molecular weight excluding hydrogens is 417 g/mol. The highest BCUT2D eigenvalue weighted by molar-refractivity contribution is 7.48. The molecule has 2 aromatic rings. The van der Waals surface area contributed by atoms with Gasteiger partial charge in [-0.1, -0.05) is 60.7 Å². The maximum atomic E-state index is 13.3. The summed E-state index contributed by atoms with van der Waals surface area (Å²) in [6.07, 6.45) is 0.328. The minimum absolute atomic E-state index is 0.0418. The predicted molar refractivity (Wildman–Crippen MR) is 117 cm³/mol. The van der Waals surface area contributed by atoms with Crippen LogP contribution in [0.25, 0.3) is 0 Å². The highest BCUT2D eigenvalue weighted by Crippen LogP contribution is 2.51. The first kappa shape index (κ1) is 23.5. The Morgan fingerprint density at radius 1 is 0.935 bits per heavy atom. The second kappa shape index (κ2) is 10.4. The fourth-order valence-electron chi connectivity index (χ4n) is 2.92. The summed E-state index contributed by atoms with van der Waals surface area (Å²) in [6.45, 7) is 6.25. The van der Waals surface area contributed by atoms with Crippen molar-refractivity contribution >= 4 is 13.9 Å². The van der Waals surface area contributed by atoms with Crippen molar-refractivity contribution < 1.29 is 27.7 Å². The van der Waals surface area contributed by atoms with Gasteiger partial charge in [0.25, 0.3) is 0 Å². The van der Waals surface area contributed by atoms with Crippen molar-refractivity contribution in [2.45, 2.75) is 52.0 Å². The van der Waals surface area contributed by atoms with Crippen molar-refractivity contribution in [3.05, 3.63) is 71.8 Å². The molecule has 1 aliphatic heterocycles. The van der Waals surface area contributed by atoms with Crippen LogP contribution in [0, 0.1) is 0 Å². The zero-order chi connectivity index (χ0) is 22.3. The lowest BCUT2D eigenvalue weighted by Crippen LogP contribution is -2.54. The van der Waals surface area contributed by atoms with Crippen LogP contribution in [0.2, 0.25) is 0 Å². The first-order valence-electron chi connectivity index (χ1n) is 10.4. The molecule has 0 aromatic heterocycles. The van der Waals surface area contributed by atoms with E-state index in [1.54, 1.807) is 4.90 Å². The third-order valence-electron chi connectivity index (χ3n) is 4.66. The lowest BCUT2D eigenvalue weighted by molar-refractivity contribution is -0.0195. The van der Waals surface area contributed by atoms with Gasteiger partial charge < -0.3 is 9.64 Å². The smallest absolute Gasteiger partial charge is 0.444 e. The standard InChI is InChI=1S/C23H30NO6P/c1-23(2,3)30-22(25)24-15-14-21(24)18-29-31(26,27-16-19-10-6-4-7-11-19)28-17-20-12-8-5-9-13-20/h4-13,21H,14-18H2,1-3H3/t21-/m1/s1. The molecule has 0 bridgehead atoms. The molecule has 0 aliphatic carbocycles. The first-order valence-corrected chi connectivity index (χ1v) is 11.8. The van der Waals surface area contributed by atoms with Gasteiger partial charge in [0.2, 0.25) is 0 Å². The van der Waals surface area contributed by atoms with Gasteiger partial charge in [0, 0.05) is 6.54 Å². The van der Waals surface area contributed by atoms with E-state index < -0.39 is 19.5 Å². The van der Waals surface area contributed by atoms with Gasteiger partial charge >= 0.3 is 13.9 Å². The van der Waals surface area contributed by atoms with Gasteiger partial charge in [-0.05, 0) is 38.3 Å². The molecule has 1 atom stereocenters. The Balaban J connectivity index is 1.60. The summed E-state index contributed by atoms with van der Waals surface area (Å²) in [4.78, 5) is 13.9. The monoisotopic (exact) mass is 447 g/mol. The molecule has 1 aliphatic rings. The normalized spacial score (nSPS) is 16.6. The first-order chi connectivity index (χ1) is 14.7. The Morgan fingerprint density at radius 3 is 1.87 bits per heavy atom. The Kier molecular flexibility index (Phi) is 7.89. The maximum absolute atomic E-state index is 13.3. The Hall–Kier alpha value is -2.18. The molecule has 0 N–H and O–H groups in total. The van der Waals surface area contributed by atoms with Gasteiger partial charge in [0.1, 0.15) is 5.60 Å². The van der Waals surface area contributed by atoms with E-state index in [9.17, 15) is 9.36 Å². The van der Waals surface area contributed by atoms with E-state index in [4.69, 9.17) is 18.3 Å². The number of carbonyl (C=O) groups excluding carboxylic acids is 1. The number of benzene rings is 2. The average molecular weight is 447 g/mol. The van der Waals surface area contributed by atoms with Crippen LogP contribution >= 0.6 is 7.82 Å². The van der Waals surface area contributed by atoms with Gasteiger partial charge in [-0.3, -0.25) is 13.6 Å². The van der Waals surface area contributed by atoms with E-state index in [0.29, 0.717) is 6.54 Å². The molecule has 31 heavy (non-hydrogen) atoms. The molecule has 0 radical (unpaired) electrons. The van der Waals surface area contributed by atoms with E-state index >= 15 is 0 Å². The summed E-state index contributed by atoms with van der Waals surface area (Å²) >= 11 is 0. The second-order valence-electron chi connectivity index (χ2n) is 8.38. The number of phosphoric ester groups is 1. The maximum Gasteiger partial charge on any atom is 0.475 e. The van der Waals surface area contributed by atoms with Crippen LogP contribution in [0.1, 0.15) is 38.3 Å². The molecule has 1 amide bonds. The van der Waals surface area contributed by atoms with Gasteiger partial charge in [0.15, 0.2) is 0 Å². The summed E-state index contributed by atoms with van der Waals surface area (Å²) < 4.78 is 35.6. The van der Waals surface area contributed by atoms with E-state index in [1.807, 2.05) is 81.4 Å². The van der Waals surface area contributed by atoms with Crippen molar-refractivity contribution in [3.8, 4) is 0 Å². The number of hydrogen-bond acceptors (Lipinski definition) is 6. The number of likely N-dealkylation sites (tertiary alicyclic amines) is 1. The van der Waals surface area contributed by atoms with Crippen molar-refractivity contribution in [2.24, 2.45) is 0 Å². The highest BCUT2D eigenvalue weighted by Gasteiger charge is 2.38. The van der Waals surface area contributed by atoms with Crippen LogP contribution in [-0.4, -0.2) is 35.8 Å². The molecule has 2 aromatic carbocycles. The number of rotatable bonds is 9. The van der Waals surface area contributed by atoms with Crippen molar-refractivity contribution in [1.82, 2.24) is 4.90 Å². The van der Waals surface area contributed by atoms with Crippen molar-refractivity contribution in [1.29, 1.82) is 0 Å². The van der Waals surface area contributed by atoms with Crippen LogP contribution in [0.15, 0.2) is 60.7 Å². The molecule has 168 valence electrons. The lowest BCUT2D eigenvalue weighted by Gasteiger charge is -2.41. The predicted octanol–water partition coefficient (Wildman–Crippen LogP) is 5.55. The van der Waals surface area contributed by atoms with Crippen LogP contribution in [-0.2, 0) is 36.1 Å². The molecule has 0 spiro atoms. The van der Waals surface area contributed by atoms with Crippen molar-refractivity contribution in [2.75, 3.05) is 13.2 Å². The number of amides is 1. The second-order valence-corrected chi connectivity index (χ2v) is 10.0. The van der Waals surface area contributed by atoms with E-state index in [2.05, 4.69) is 0 Å². The summed E-state index contributed by atoms with van der Waals surface area (Å²) in [6, 6.07) is 18.6. The zero-order valence-corrected chi connectivity index (χ0v) is 19.1. The minimum atomic E-state index is -3.86. The molecule has 1 heterocycles. The van der Waals surface area contributed by atoms with Crippen LogP contribution < -0.4 is 0 Å². The van der Waals surface area contributed by atoms with Gasteiger partial charge in [-0.2, -0.15) is 0 Å². The van der Waals surface area contributed by atoms with E-state index in [1.165, 1.54) is 0 Å². The molecule has 3 rings (SSSR count). The molecule has 1 fully saturated rings. The molecule has 1 saturated heterocycles. The molecule has 0 unspecified atom stereocenters. The number of hydrogen-bond donors (Lipinski definition) is 0. The summed E-state index contributed by atoms with van der Waals surface area (Å²) in [5.74, 6) is 0. The number of carbonyl (C=O) groups is 1. The van der Waals surface area contributed by atoms with Crippen LogP contribution in [0.5, 0.6) is 0 Å². The third kappa shape index (κ3) is 7.47. The third-order valence-corrected chi connectivity index (χ3v) is 6.02. The van der Waals surface area contributed by atoms with E-state index in [-0.39, 0.29) is 25.9 Å². The molecule has 7 nitrogen and oxygen atoms in total. The number of phosphoric acid groups is 1. The fraction of sp³-hybridized carbons (Fsp3) is 0.435. The summed E-state index contributed by atoms with van der Waals surface area (Å²) in [5, 5.41) is 0. The number of ether oxygens (including phenoxy) is 1. The quantitative estimate of drug-likeness (QED) is 0.469. The Labute approximate surface area is 183 Å². The fourth-order valence-corrected chi connectivity index (χ4v) is 4.11. The highest BCUT2D eigenvalue weighted by atomic mass is 31.2. The molecule has 8 heteroatoms. The van der Waals surface area contributed by atoms with Gasteiger partial charge in [-0.15, -0.1) is 0 Å². The molecular formula is C23H30NO6P. The lowest BCUT2D eigenvalue weighted by atomic mass is 10.1. The summed E-state index contributed by atoms with van der Waals surface area (Å²) in [7, 11) is -3.86. The molecule has 0 saturated carbocycles. The SMILES string of the molecule is CC(C)(C)OC(=O)N1CC[C@@H]1COP(=O)(OCc1ccccc1)OCc1ccccc1. The van der Waals surface area contributed by atoms with Gasteiger partial charge in [0.05, 0.1) is 25.9 Å². The summed E-state index contributed by atoms with van der Waals surface area (Å²) in [5.41, 5.74) is 1.13. The van der Waals surface area contributed by atoms with Crippen molar-refractivity contribution in [3.63, 3.8) is 0 Å². The topological polar surface area (TPSA) is 74.3 Å². The Morgan fingerprint density at radius 2 is 1.45 bits per heavy atom. The zero-order valence-electron chi connectivity index (χ0n) is 18.2.